The predicted octanol–water partition coefficient (Wildman–Crippen LogP) is 4.26. The third-order valence-electron chi connectivity index (χ3n) is 3.64. The number of pyridine rings is 1. The van der Waals surface area contributed by atoms with E-state index in [0.29, 0.717) is 21.5 Å². The van der Waals surface area contributed by atoms with Crippen molar-refractivity contribution in [2.24, 2.45) is 0 Å². The molecule has 2 aromatic heterocycles. The number of methoxy groups -OCH3 is 1. The number of aromatic nitrogens is 1. The van der Waals surface area contributed by atoms with Crippen molar-refractivity contribution in [2.45, 2.75) is 17.6 Å². The Kier molecular flexibility index (Phi) is 5.43. The number of nitrogens with zero attached hydrogens (tertiary/aromatic N) is 1. The molecule has 3 aromatic rings. The lowest BCUT2D eigenvalue weighted by atomic mass is 10.3. The Balaban J connectivity index is 1.73. The highest BCUT2D eigenvalue weighted by Crippen LogP contribution is 2.27. The summed E-state index contributed by atoms with van der Waals surface area (Å²) >= 11 is 1.27. The molecule has 3 rings (SSSR count). The van der Waals surface area contributed by atoms with Crippen molar-refractivity contribution in [3.8, 4) is 5.75 Å². The van der Waals surface area contributed by atoms with Gasteiger partial charge in [0.25, 0.3) is 10.0 Å². The molecule has 0 saturated carbocycles. The van der Waals surface area contributed by atoms with Crippen molar-refractivity contribution >= 4 is 38.6 Å². The average molecular weight is 390 g/mol. The first-order chi connectivity index (χ1) is 12.5. The van der Waals surface area contributed by atoms with Gasteiger partial charge in [0.05, 0.1) is 24.7 Å². The van der Waals surface area contributed by atoms with Gasteiger partial charge in [0.1, 0.15) is 15.8 Å². The summed E-state index contributed by atoms with van der Waals surface area (Å²) in [7, 11) is -2.00. The monoisotopic (exact) mass is 389 g/mol. The minimum absolute atomic E-state index is 0.297. The van der Waals surface area contributed by atoms with Crippen LogP contribution in [0.2, 0.25) is 0 Å². The van der Waals surface area contributed by atoms with Gasteiger partial charge in [-0.25, -0.2) is 13.4 Å². The number of para-hydroxylation sites is 2. The molecule has 0 fully saturated rings. The smallest absolute Gasteiger partial charge is 0.271 e. The molecule has 6 nitrogen and oxygen atoms in total. The molecule has 0 radical (unpaired) electrons. The second-order valence-electron chi connectivity index (χ2n) is 5.44. The molecule has 2 heterocycles. The fraction of sp³-hybridized carbons (Fsp3) is 0.167. The Morgan fingerprint density at radius 1 is 1.12 bits per heavy atom. The van der Waals surface area contributed by atoms with Gasteiger partial charge in [-0.3, -0.25) is 4.72 Å². The third kappa shape index (κ3) is 4.14. The lowest BCUT2D eigenvalue weighted by Crippen LogP contribution is -2.11. The van der Waals surface area contributed by atoms with Crippen molar-refractivity contribution in [2.75, 3.05) is 17.1 Å². The Morgan fingerprint density at radius 3 is 2.58 bits per heavy atom. The lowest BCUT2D eigenvalue weighted by Gasteiger charge is -2.11. The topological polar surface area (TPSA) is 80.3 Å². The zero-order chi connectivity index (χ0) is 18.6. The first-order valence-electron chi connectivity index (χ1n) is 7.99. The largest absolute Gasteiger partial charge is 0.495 e. The predicted molar refractivity (Wildman–Crippen MR) is 105 cm³/mol. The SMILES string of the molecule is CCc1ccc(S(=O)(=O)Nc2ccc(Nc3ccccc3OC)nc2)s1. The molecule has 0 amide bonds. The molecular weight excluding hydrogens is 370 g/mol. The molecule has 0 aliphatic rings. The molecule has 1 aromatic carbocycles. The fourth-order valence-electron chi connectivity index (χ4n) is 2.31. The number of nitrogens with one attached hydrogen (secondary N) is 2. The molecule has 8 heteroatoms. The van der Waals surface area contributed by atoms with E-state index < -0.39 is 10.0 Å². The van der Waals surface area contributed by atoms with Gasteiger partial charge in [0.2, 0.25) is 0 Å². The van der Waals surface area contributed by atoms with Crippen LogP contribution in [0.25, 0.3) is 0 Å². The van der Waals surface area contributed by atoms with Crippen LogP contribution in [0.1, 0.15) is 11.8 Å². The van der Waals surface area contributed by atoms with E-state index in [1.165, 1.54) is 17.5 Å². The molecule has 2 N–H and O–H groups in total. The van der Waals surface area contributed by atoms with Crippen molar-refractivity contribution in [3.05, 3.63) is 59.6 Å². The van der Waals surface area contributed by atoms with Crippen LogP contribution in [-0.2, 0) is 16.4 Å². The van der Waals surface area contributed by atoms with Gasteiger partial charge in [0, 0.05) is 4.88 Å². The van der Waals surface area contributed by atoms with Gasteiger partial charge in [-0.2, -0.15) is 0 Å². The standard InChI is InChI=1S/C18H19N3O3S2/c1-3-14-9-11-18(25-14)26(22,23)21-13-8-10-17(19-12-13)20-15-6-4-5-7-16(15)24-2/h4-12,21H,3H2,1-2H3,(H,19,20). The molecule has 0 atom stereocenters. The van der Waals surface area contributed by atoms with E-state index in [2.05, 4.69) is 15.0 Å². The maximum atomic E-state index is 12.4. The molecule has 0 aliphatic heterocycles. The van der Waals surface area contributed by atoms with Gasteiger partial charge in [-0.1, -0.05) is 19.1 Å². The summed E-state index contributed by atoms with van der Waals surface area (Å²) < 4.78 is 33.0. The Hall–Kier alpha value is -2.58. The van der Waals surface area contributed by atoms with Crippen LogP contribution in [0, 0.1) is 0 Å². The number of benzene rings is 1. The molecular formula is C18H19N3O3S2. The summed E-state index contributed by atoms with van der Waals surface area (Å²) in [6.07, 6.45) is 2.29. The zero-order valence-electron chi connectivity index (χ0n) is 14.4. The van der Waals surface area contributed by atoms with Crippen molar-refractivity contribution in [1.29, 1.82) is 0 Å². The van der Waals surface area contributed by atoms with Gasteiger partial charge in [0.15, 0.2) is 0 Å². The summed E-state index contributed by atoms with van der Waals surface area (Å²) in [6, 6.07) is 14.3. The number of aryl methyl sites for hydroxylation is 1. The van der Waals surface area contributed by atoms with Crippen LogP contribution < -0.4 is 14.8 Å². The number of ether oxygens (including phenoxy) is 1. The van der Waals surface area contributed by atoms with E-state index >= 15 is 0 Å². The number of hydrogen-bond acceptors (Lipinski definition) is 6. The van der Waals surface area contributed by atoms with Crippen LogP contribution >= 0.6 is 11.3 Å². The third-order valence-corrected chi connectivity index (χ3v) is 6.74. The highest BCUT2D eigenvalue weighted by molar-refractivity contribution is 7.94. The van der Waals surface area contributed by atoms with Crippen LogP contribution in [0.4, 0.5) is 17.2 Å². The maximum Gasteiger partial charge on any atom is 0.271 e. The van der Waals surface area contributed by atoms with Crippen LogP contribution in [-0.4, -0.2) is 20.5 Å². The Bertz CT molecular complexity index is 983. The minimum Gasteiger partial charge on any atom is -0.495 e. The lowest BCUT2D eigenvalue weighted by molar-refractivity contribution is 0.417. The van der Waals surface area contributed by atoms with Crippen molar-refractivity contribution < 1.29 is 13.2 Å². The summed E-state index contributed by atoms with van der Waals surface area (Å²) in [4.78, 5) is 5.29. The Labute approximate surface area is 156 Å². The van der Waals surface area contributed by atoms with E-state index in [-0.39, 0.29) is 0 Å². The normalized spacial score (nSPS) is 11.2. The number of sulfonamides is 1. The second kappa shape index (κ2) is 7.76. The quantitative estimate of drug-likeness (QED) is 0.631. The summed E-state index contributed by atoms with van der Waals surface area (Å²) in [5, 5.41) is 3.14. The van der Waals surface area contributed by atoms with E-state index in [9.17, 15) is 8.42 Å². The minimum atomic E-state index is -3.60. The Morgan fingerprint density at radius 2 is 1.92 bits per heavy atom. The molecule has 0 aliphatic carbocycles. The maximum absolute atomic E-state index is 12.4. The number of hydrogen-bond donors (Lipinski definition) is 2. The molecule has 0 unspecified atom stereocenters. The molecule has 26 heavy (non-hydrogen) atoms. The first-order valence-corrected chi connectivity index (χ1v) is 10.3. The van der Waals surface area contributed by atoms with Gasteiger partial charge < -0.3 is 10.1 Å². The number of anilines is 3. The van der Waals surface area contributed by atoms with E-state index in [1.54, 1.807) is 25.3 Å². The number of thiophene rings is 1. The van der Waals surface area contributed by atoms with Crippen LogP contribution in [0.5, 0.6) is 5.75 Å². The van der Waals surface area contributed by atoms with Crippen LogP contribution in [0.15, 0.2) is 58.9 Å². The highest BCUT2D eigenvalue weighted by atomic mass is 32.2. The second-order valence-corrected chi connectivity index (χ2v) is 8.51. The number of rotatable bonds is 7. The highest BCUT2D eigenvalue weighted by Gasteiger charge is 2.17. The van der Waals surface area contributed by atoms with Gasteiger partial charge in [-0.05, 0) is 42.8 Å². The van der Waals surface area contributed by atoms with Crippen LogP contribution in [0.3, 0.4) is 0 Å². The zero-order valence-corrected chi connectivity index (χ0v) is 16.0. The summed E-state index contributed by atoms with van der Waals surface area (Å²) in [5.74, 6) is 1.28. The first kappa shape index (κ1) is 18.2. The molecule has 0 spiro atoms. The summed E-state index contributed by atoms with van der Waals surface area (Å²) in [6.45, 7) is 1.99. The van der Waals surface area contributed by atoms with E-state index in [0.717, 1.165) is 17.0 Å². The van der Waals surface area contributed by atoms with Crippen molar-refractivity contribution in [1.82, 2.24) is 4.98 Å². The molecule has 0 saturated heterocycles. The van der Waals surface area contributed by atoms with Gasteiger partial charge >= 0.3 is 0 Å². The molecule has 0 bridgehead atoms. The summed E-state index contributed by atoms with van der Waals surface area (Å²) in [5.41, 5.74) is 1.18. The fourth-order valence-corrected chi connectivity index (χ4v) is 4.65. The van der Waals surface area contributed by atoms with E-state index in [4.69, 9.17) is 4.74 Å². The van der Waals surface area contributed by atoms with Gasteiger partial charge in [-0.15, -0.1) is 11.3 Å². The molecule has 136 valence electrons. The van der Waals surface area contributed by atoms with Crippen molar-refractivity contribution in [3.63, 3.8) is 0 Å². The average Bonchev–Trinajstić information content (AvgIpc) is 3.14. The van der Waals surface area contributed by atoms with E-state index in [1.807, 2.05) is 37.3 Å².